The van der Waals surface area contributed by atoms with E-state index in [0.29, 0.717) is 34.2 Å². The molecule has 0 spiro atoms. The molecular formula is C31H31BrN4O4S. The number of benzene rings is 3. The van der Waals surface area contributed by atoms with E-state index in [2.05, 4.69) is 54.8 Å². The van der Waals surface area contributed by atoms with Crippen LogP contribution in [-0.4, -0.2) is 44.5 Å². The van der Waals surface area contributed by atoms with Gasteiger partial charge in [0.15, 0.2) is 0 Å². The van der Waals surface area contributed by atoms with Gasteiger partial charge in [0.2, 0.25) is 5.95 Å². The molecule has 1 amide bonds. The maximum absolute atomic E-state index is 13.3. The summed E-state index contributed by atoms with van der Waals surface area (Å²) in [6.45, 7) is 1.62. The molecule has 1 N–H and O–H groups in total. The molecule has 0 saturated carbocycles. The second kappa shape index (κ2) is 12.8. The highest BCUT2D eigenvalue weighted by molar-refractivity contribution is 9.10. The van der Waals surface area contributed by atoms with E-state index in [9.17, 15) is 13.2 Å². The molecule has 8 nitrogen and oxygen atoms in total. The van der Waals surface area contributed by atoms with Gasteiger partial charge in [0, 0.05) is 30.2 Å². The minimum atomic E-state index is -4.10. The van der Waals surface area contributed by atoms with E-state index < -0.39 is 15.9 Å². The molecule has 1 aliphatic heterocycles. The van der Waals surface area contributed by atoms with Crippen LogP contribution in [0.15, 0.2) is 94.4 Å². The Morgan fingerprint density at radius 2 is 1.73 bits per heavy atom. The van der Waals surface area contributed by atoms with Gasteiger partial charge in [0.05, 0.1) is 23.3 Å². The Hall–Kier alpha value is -3.76. The summed E-state index contributed by atoms with van der Waals surface area (Å²) in [5, 5.41) is 0. The molecular weight excluding hydrogens is 604 g/mol. The molecule has 0 radical (unpaired) electrons. The van der Waals surface area contributed by atoms with Gasteiger partial charge in [-0.25, -0.2) is 23.1 Å². The Balaban J connectivity index is 1.37. The van der Waals surface area contributed by atoms with E-state index >= 15 is 0 Å². The lowest BCUT2D eigenvalue weighted by Crippen LogP contribution is -2.36. The third-order valence-corrected chi connectivity index (χ3v) is 9.05. The predicted molar refractivity (Wildman–Crippen MR) is 162 cm³/mol. The van der Waals surface area contributed by atoms with Crippen LogP contribution >= 0.6 is 15.9 Å². The van der Waals surface area contributed by atoms with Gasteiger partial charge in [-0.3, -0.25) is 4.79 Å². The van der Waals surface area contributed by atoms with Crippen molar-refractivity contribution >= 4 is 37.8 Å². The molecule has 10 heteroatoms. The molecule has 0 atom stereocenters. The van der Waals surface area contributed by atoms with Crippen LogP contribution in [0, 0.1) is 5.92 Å². The van der Waals surface area contributed by atoms with Gasteiger partial charge >= 0.3 is 0 Å². The second-order valence-electron chi connectivity index (χ2n) is 10.1. The van der Waals surface area contributed by atoms with E-state index in [-0.39, 0.29) is 10.5 Å². The van der Waals surface area contributed by atoms with Crippen LogP contribution in [0.3, 0.4) is 0 Å². The summed E-state index contributed by atoms with van der Waals surface area (Å²) in [5.41, 5.74) is 2.81. The number of hydrogen-bond acceptors (Lipinski definition) is 7. The number of aromatic nitrogens is 2. The van der Waals surface area contributed by atoms with Crippen molar-refractivity contribution in [3.05, 3.63) is 112 Å². The molecule has 1 aromatic heterocycles. The fourth-order valence-corrected chi connectivity index (χ4v) is 6.54. The highest BCUT2D eigenvalue weighted by atomic mass is 79.9. The molecule has 3 aromatic carbocycles. The summed E-state index contributed by atoms with van der Waals surface area (Å²) < 4.78 is 34.0. The van der Waals surface area contributed by atoms with Crippen molar-refractivity contribution in [1.29, 1.82) is 0 Å². The Labute approximate surface area is 249 Å². The lowest BCUT2D eigenvalue weighted by Gasteiger charge is -2.32. The van der Waals surface area contributed by atoms with E-state index in [1.165, 1.54) is 23.9 Å². The van der Waals surface area contributed by atoms with Gasteiger partial charge < -0.3 is 9.64 Å². The number of anilines is 1. The van der Waals surface area contributed by atoms with Crippen LogP contribution in [-0.2, 0) is 22.9 Å². The zero-order valence-electron chi connectivity index (χ0n) is 22.7. The number of hydrogen-bond donors (Lipinski definition) is 1. The fraction of sp³-hybridized carbons (Fsp3) is 0.258. The third-order valence-electron chi connectivity index (χ3n) is 7.23. The summed E-state index contributed by atoms with van der Waals surface area (Å²) >= 11 is 3.28. The SMILES string of the molecule is COc1ccc(Cc2nc(N3CCC(Cc4ccccc4)CC3)ncc2C(=O)NS(=O)(=O)c2cccc(Br)c2)cc1. The third kappa shape index (κ3) is 7.31. The van der Waals surface area contributed by atoms with Crippen LogP contribution in [0.2, 0.25) is 0 Å². The zero-order valence-corrected chi connectivity index (χ0v) is 25.1. The molecule has 0 unspecified atom stereocenters. The van der Waals surface area contributed by atoms with Crippen LogP contribution in [0.4, 0.5) is 5.95 Å². The van der Waals surface area contributed by atoms with E-state index in [1.54, 1.807) is 19.2 Å². The number of nitrogens with one attached hydrogen (secondary N) is 1. The topological polar surface area (TPSA) is 101 Å². The van der Waals surface area contributed by atoms with Crippen molar-refractivity contribution in [2.75, 3.05) is 25.1 Å². The number of carbonyl (C=O) groups is 1. The highest BCUT2D eigenvalue weighted by Crippen LogP contribution is 2.26. The molecule has 4 aromatic rings. The number of carbonyl (C=O) groups excluding carboxylic acids is 1. The number of methoxy groups -OCH3 is 1. The zero-order chi connectivity index (χ0) is 28.8. The van der Waals surface area contributed by atoms with Crippen molar-refractivity contribution < 1.29 is 17.9 Å². The minimum absolute atomic E-state index is 0.0205. The van der Waals surface area contributed by atoms with Gasteiger partial charge in [-0.15, -0.1) is 0 Å². The quantitative estimate of drug-likeness (QED) is 0.262. The largest absolute Gasteiger partial charge is 0.497 e. The average molecular weight is 636 g/mol. The number of piperidine rings is 1. The number of amides is 1. The lowest BCUT2D eigenvalue weighted by atomic mass is 9.90. The first kappa shape index (κ1) is 28.8. The van der Waals surface area contributed by atoms with Crippen LogP contribution < -0.4 is 14.4 Å². The maximum atomic E-state index is 13.3. The van der Waals surface area contributed by atoms with E-state index in [1.807, 2.05) is 30.3 Å². The monoisotopic (exact) mass is 634 g/mol. The molecule has 2 heterocycles. The fourth-order valence-electron chi connectivity index (χ4n) is 4.97. The van der Waals surface area contributed by atoms with Crippen molar-refractivity contribution in [3.63, 3.8) is 0 Å². The van der Waals surface area contributed by atoms with Gasteiger partial charge in [-0.05, 0) is 66.6 Å². The molecule has 1 saturated heterocycles. The predicted octanol–water partition coefficient (Wildman–Crippen LogP) is 5.42. The van der Waals surface area contributed by atoms with Crippen molar-refractivity contribution in [1.82, 2.24) is 14.7 Å². The van der Waals surface area contributed by atoms with E-state index in [4.69, 9.17) is 9.72 Å². The van der Waals surface area contributed by atoms with Crippen LogP contribution in [0.25, 0.3) is 0 Å². The minimum Gasteiger partial charge on any atom is -0.497 e. The van der Waals surface area contributed by atoms with Crippen molar-refractivity contribution in [2.45, 2.75) is 30.6 Å². The second-order valence-corrected chi connectivity index (χ2v) is 12.7. The van der Waals surface area contributed by atoms with Crippen LogP contribution in [0.5, 0.6) is 5.75 Å². The van der Waals surface area contributed by atoms with Crippen LogP contribution in [0.1, 0.15) is 40.0 Å². The molecule has 1 fully saturated rings. The molecule has 0 bridgehead atoms. The molecule has 212 valence electrons. The molecule has 41 heavy (non-hydrogen) atoms. The lowest BCUT2D eigenvalue weighted by molar-refractivity contribution is 0.0980. The summed E-state index contributed by atoms with van der Waals surface area (Å²) in [5.74, 6) is 1.06. The van der Waals surface area contributed by atoms with Gasteiger partial charge in [0.25, 0.3) is 15.9 Å². The Kier molecular flexibility index (Phi) is 8.99. The summed E-state index contributed by atoms with van der Waals surface area (Å²) in [4.78, 5) is 24.7. The first-order valence-electron chi connectivity index (χ1n) is 13.4. The number of rotatable bonds is 9. The smallest absolute Gasteiger partial charge is 0.268 e. The summed E-state index contributed by atoms with van der Waals surface area (Å²) in [6.07, 6.45) is 4.83. The molecule has 5 rings (SSSR count). The summed E-state index contributed by atoms with van der Waals surface area (Å²) in [6, 6.07) is 24.2. The van der Waals surface area contributed by atoms with Gasteiger partial charge in [-0.1, -0.05) is 64.5 Å². The first-order valence-corrected chi connectivity index (χ1v) is 15.7. The van der Waals surface area contributed by atoms with Crippen molar-refractivity contribution in [2.24, 2.45) is 5.92 Å². The van der Waals surface area contributed by atoms with E-state index in [0.717, 1.165) is 37.9 Å². The number of nitrogens with zero attached hydrogens (tertiary/aromatic N) is 3. The standard InChI is InChI=1S/C31H31BrN4O4S/c1-40-26-12-10-23(11-13-26)19-29-28(30(37)35-41(38,39)27-9-5-8-25(32)20-27)21-33-31(34-29)36-16-14-24(15-17-36)18-22-6-3-2-4-7-22/h2-13,20-21,24H,14-19H2,1H3,(H,35,37). The Bertz CT molecular complexity index is 1610. The average Bonchev–Trinajstić information content (AvgIpc) is 2.98. The number of ether oxygens (including phenoxy) is 1. The van der Waals surface area contributed by atoms with Gasteiger partial charge in [0.1, 0.15) is 5.75 Å². The Morgan fingerprint density at radius 3 is 2.41 bits per heavy atom. The molecule has 0 aliphatic carbocycles. The Morgan fingerprint density at radius 1 is 1.00 bits per heavy atom. The number of halogens is 1. The highest BCUT2D eigenvalue weighted by Gasteiger charge is 2.25. The normalized spacial score (nSPS) is 14.0. The van der Waals surface area contributed by atoms with Crippen molar-refractivity contribution in [3.8, 4) is 5.75 Å². The first-order chi connectivity index (χ1) is 19.8. The van der Waals surface area contributed by atoms with Gasteiger partial charge in [-0.2, -0.15) is 0 Å². The summed E-state index contributed by atoms with van der Waals surface area (Å²) in [7, 11) is -2.50. The molecule has 1 aliphatic rings. The number of sulfonamides is 1. The maximum Gasteiger partial charge on any atom is 0.268 e.